The van der Waals surface area contributed by atoms with Crippen molar-refractivity contribution in [2.45, 2.75) is 40.2 Å². The molecule has 3 nitrogen and oxygen atoms in total. The van der Waals surface area contributed by atoms with Crippen LogP contribution < -0.4 is 5.32 Å². The normalized spacial score (nSPS) is 22.2. The molecule has 0 aromatic heterocycles. The summed E-state index contributed by atoms with van der Waals surface area (Å²) in [6.45, 7) is 10.4. The SMILES string of the molecule is CCNC1COCC1C(=O)Cc1c(C)cc(C)cc1C. The number of likely N-dealkylation sites (N-methyl/N-ethyl adjacent to an activating group) is 1. The number of ketones is 1. The number of benzene rings is 1. The van der Waals surface area contributed by atoms with Crippen molar-refractivity contribution in [1.82, 2.24) is 5.32 Å². The van der Waals surface area contributed by atoms with E-state index in [1.54, 1.807) is 0 Å². The fourth-order valence-electron chi connectivity index (χ4n) is 3.13. The van der Waals surface area contributed by atoms with Crippen molar-refractivity contribution in [3.8, 4) is 0 Å². The van der Waals surface area contributed by atoms with Crippen LogP contribution >= 0.6 is 0 Å². The highest BCUT2D eigenvalue weighted by molar-refractivity contribution is 5.85. The zero-order chi connectivity index (χ0) is 14.7. The molecule has 0 saturated carbocycles. The first-order valence-corrected chi connectivity index (χ1v) is 7.43. The van der Waals surface area contributed by atoms with Crippen molar-refractivity contribution in [3.63, 3.8) is 0 Å². The summed E-state index contributed by atoms with van der Waals surface area (Å²) in [7, 11) is 0. The van der Waals surface area contributed by atoms with Crippen molar-refractivity contribution in [2.24, 2.45) is 5.92 Å². The molecule has 1 heterocycles. The predicted molar refractivity (Wildman–Crippen MR) is 81.1 cm³/mol. The van der Waals surface area contributed by atoms with Crippen LogP contribution in [0.1, 0.15) is 29.2 Å². The maximum atomic E-state index is 12.6. The molecule has 0 bridgehead atoms. The Morgan fingerprint density at radius 1 is 1.25 bits per heavy atom. The average Bonchev–Trinajstić information content (AvgIpc) is 2.82. The van der Waals surface area contributed by atoms with E-state index in [1.165, 1.54) is 22.3 Å². The van der Waals surface area contributed by atoms with E-state index in [2.05, 4.69) is 45.1 Å². The summed E-state index contributed by atoms with van der Waals surface area (Å²) in [6, 6.07) is 4.49. The van der Waals surface area contributed by atoms with Gasteiger partial charge in [0.25, 0.3) is 0 Å². The Kier molecular flexibility index (Phi) is 4.95. The Labute approximate surface area is 121 Å². The van der Waals surface area contributed by atoms with Gasteiger partial charge in [0.15, 0.2) is 0 Å². The molecule has 3 heteroatoms. The largest absolute Gasteiger partial charge is 0.379 e. The second kappa shape index (κ2) is 6.51. The zero-order valence-electron chi connectivity index (χ0n) is 13.0. The van der Waals surface area contributed by atoms with Crippen molar-refractivity contribution >= 4 is 5.78 Å². The number of ether oxygens (including phenoxy) is 1. The Morgan fingerprint density at radius 2 is 1.90 bits per heavy atom. The minimum absolute atomic E-state index is 0.00458. The fourth-order valence-corrected chi connectivity index (χ4v) is 3.13. The van der Waals surface area contributed by atoms with E-state index in [-0.39, 0.29) is 12.0 Å². The minimum atomic E-state index is -0.00458. The quantitative estimate of drug-likeness (QED) is 0.896. The number of carbonyl (C=O) groups is 1. The summed E-state index contributed by atoms with van der Waals surface area (Å²) in [5.74, 6) is 0.290. The molecule has 1 aliphatic heterocycles. The molecule has 0 aliphatic carbocycles. The number of nitrogens with one attached hydrogen (secondary N) is 1. The molecule has 2 atom stereocenters. The molecule has 110 valence electrons. The van der Waals surface area contributed by atoms with Gasteiger partial charge < -0.3 is 10.1 Å². The van der Waals surface area contributed by atoms with Crippen LogP contribution in [0.25, 0.3) is 0 Å². The maximum Gasteiger partial charge on any atom is 0.144 e. The Morgan fingerprint density at radius 3 is 2.50 bits per heavy atom. The van der Waals surface area contributed by atoms with E-state index >= 15 is 0 Å². The summed E-state index contributed by atoms with van der Waals surface area (Å²) in [4.78, 5) is 12.6. The summed E-state index contributed by atoms with van der Waals surface area (Å²) in [5.41, 5.74) is 4.87. The third-order valence-electron chi connectivity index (χ3n) is 4.15. The maximum absolute atomic E-state index is 12.6. The molecular formula is C17H25NO2. The average molecular weight is 275 g/mol. The third-order valence-corrected chi connectivity index (χ3v) is 4.15. The van der Waals surface area contributed by atoms with E-state index < -0.39 is 0 Å². The van der Waals surface area contributed by atoms with Gasteiger partial charge in [-0.3, -0.25) is 4.79 Å². The molecule has 1 N–H and O–H groups in total. The summed E-state index contributed by atoms with van der Waals surface area (Å²) in [5, 5.41) is 3.35. The van der Waals surface area contributed by atoms with Gasteiger partial charge in [-0.25, -0.2) is 0 Å². The standard InChI is InChI=1S/C17H25NO2/c1-5-18-16-10-20-9-15(16)17(19)8-14-12(3)6-11(2)7-13(14)4/h6-7,15-16,18H,5,8-10H2,1-4H3. The molecule has 0 spiro atoms. The van der Waals surface area contributed by atoms with Gasteiger partial charge >= 0.3 is 0 Å². The van der Waals surface area contributed by atoms with Crippen molar-refractivity contribution < 1.29 is 9.53 Å². The molecule has 0 amide bonds. The number of aryl methyl sites for hydroxylation is 3. The molecule has 1 fully saturated rings. The zero-order valence-corrected chi connectivity index (χ0v) is 13.0. The Balaban J connectivity index is 2.12. The molecule has 0 radical (unpaired) electrons. The lowest BCUT2D eigenvalue weighted by atomic mass is 9.89. The first-order chi connectivity index (χ1) is 9.52. The van der Waals surface area contributed by atoms with Crippen LogP contribution in [0.4, 0.5) is 0 Å². The highest BCUT2D eigenvalue weighted by Crippen LogP contribution is 2.21. The highest BCUT2D eigenvalue weighted by Gasteiger charge is 2.33. The fraction of sp³-hybridized carbons (Fsp3) is 0.588. The van der Waals surface area contributed by atoms with Gasteiger partial charge in [0.2, 0.25) is 0 Å². The second-order valence-corrected chi connectivity index (χ2v) is 5.83. The lowest BCUT2D eigenvalue weighted by Crippen LogP contribution is -2.39. The Hall–Kier alpha value is -1.19. The first kappa shape index (κ1) is 15.2. The molecule has 1 aromatic carbocycles. The lowest BCUT2D eigenvalue weighted by Gasteiger charge is -2.18. The molecule has 20 heavy (non-hydrogen) atoms. The predicted octanol–water partition coefficient (Wildman–Crippen LogP) is 2.35. The molecule has 2 rings (SSSR count). The van der Waals surface area contributed by atoms with Crippen molar-refractivity contribution in [3.05, 3.63) is 34.4 Å². The summed E-state index contributed by atoms with van der Waals surface area (Å²) in [6.07, 6.45) is 0.522. The van der Waals surface area contributed by atoms with E-state index in [0.717, 1.165) is 6.54 Å². The number of Topliss-reactive ketones (excluding diaryl/α,β-unsaturated/α-hetero) is 1. The first-order valence-electron chi connectivity index (χ1n) is 7.43. The highest BCUT2D eigenvalue weighted by atomic mass is 16.5. The van der Waals surface area contributed by atoms with Gasteiger partial charge in [-0.1, -0.05) is 24.6 Å². The van der Waals surface area contributed by atoms with Gasteiger partial charge in [0.05, 0.1) is 19.1 Å². The smallest absolute Gasteiger partial charge is 0.144 e. The molecule has 1 aliphatic rings. The van der Waals surface area contributed by atoms with E-state index in [4.69, 9.17) is 4.74 Å². The molecule has 2 unspecified atom stereocenters. The van der Waals surface area contributed by atoms with E-state index in [0.29, 0.717) is 25.4 Å². The van der Waals surface area contributed by atoms with Gasteiger partial charge in [0, 0.05) is 12.5 Å². The van der Waals surface area contributed by atoms with Crippen LogP contribution in [0.2, 0.25) is 0 Å². The molecule has 1 aromatic rings. The number of carbonyl (C=O) groups excluding carboxylic acids is 1. The summed E-state index contributed by atoms with van der Waals surface area (Å²) >= 11 is 0. The number of rotatable bonds is 5. The van der Waals surface area contributed by atoms with Crippen LogP contribution in [-0.4, -0.2) is 31.6 Å². The van der Waals surface area contributed by atoms with Gasteiger partial charge in [-0.05, 0) is 44.0 Å². The van der Waals surface area contributed by atoms with Crippen LogP contribution in [0, 0.1) is 26.7 Å². The van der Waals surface area contributed by atoms with Crippen LogP contribution in [-0.2, 0) is 16.0 Å². The van der Waals surface area contributed by atoms with Crippen LogP contribution in [0.3, 0.4) is 0 Å². The summed E-state index contributed by atoms with van der Waals surface area (Å²) < 4.78 is 5.48. The van der Waals surface area contributed by atoms with Gasteiger partial charge in [0.1, 0.15) is 5.78 Å². The number of hydrogen-bond donors (Lipinski definition) is 1. The molecule has 1 saturated heterocycles. The monoisotopic (exact) mass is 275 g/mol. The van der Waals surface area contributed by atoms with E-state index in [9.17, 15) is 4.79 Å². The topological polar surface area (TPSA) is 38.3 Å². The number of hydrogen-bond acceptors (Lipinski definition) is 3. The van der Waals surface area contributed by atoms with Gasteiger partial charge in [-0.15, -0.1) is 0 Å². The second-order valence-electron chi connectivity index (χ2n) is 5.83. The van der Waals surface area contributed by atoms with E-state index in [1.807, 2.05) is 0 Å². The van der Waals surface area contributed by atoms with Gasteiger partial charge in [-0.2, -0.15) is 0 Å². The minimum Gasteiger partial charge on any atom is -0.379 e. The van der Waals surface area contributed by atoms with Crippen LogP contribution in [0.15, 0.2) is 12.1 Å². The lowest BCUT2D eigenvalue weighted by molar-refractivity contribution is -0.122. The van der Waals surface area contributed by atoms with Crippen molar-refractivity contribution in [1.29, 1.82) is 0 Å². The van der Waals surface area contributed by atoms with Crippen LogP contribution in [0.5, 0.6) is 0 Å². The Bertz CT molecular complexity index is 473. The van der Waals surface area contributed by atoms with Crippen molar-refractivity contribution in [2.75, 3.05) is 19.8 Å². The molecular weight excluding hydrogens is 250 g/mol. The third kappa shape index (κ3) is 3.28.